The number of aliphatic hydroxyl groups excluding tert-OH is 1. The minimum atomic E-state index is -4.81. The van der Waals surface area contributed by atoms with Crippen molar-refractivity contribution < 1.29 is 32.1 Å². The predicted molar refractivity (Wildman–Crippen MR) is 150 cm³/mol. The fraction of sp³-hybridized carbons (Fsp3) is 0.129. The maximum Gasteiger partial charge on any atom is 0.422 e. The van der Waals surface area contributed by atoms with Gasteiger partial charge in [-0.15, -0.1) is 0 Å². The lowest BCUT2D eigenvalue weighted by atomic mass is 10.1. The molecule has 0 aliphatic heterocycles. The number of rotatable bonds is 9. The predicted octanol–water partition coefficient (Wildman–Crippen LogP) is 5.67. The minimum absolute atomic E-state index is 0.0243. The van der Waals surface area contributed by atoms with Crippen LogP contribution < -0.4 is 5.32 Å². The van der Waals surface area contributed by atoms with Crippen LogP contribution in [0.25, 0.3) is 34.3 Å². The van der Waals surface area contributed by atoms with Gasteiger partial charge in [-0.3, -0.25) is 9.48 Å². The van der Waals surface area contributed by atoms with Crippen molar-refractivity contribution in [2.75, 3.05) is 0 Å². The lowest BCUT2D eigenvalue weighted by molar-refractivity contribution is -0.137. The molecule has 3 heterocycles. The highest BCUT2D eigenvalue weighted by atomic mass is 19.4. The molecule has 0 aliphatic rings. The zero-order valence-electron chi connectivity index (χ0n) is 22.8. The van der Waals surface area contributed by atoms with E-state index in [2.05, 4.69) is 25.7 Å². The molecule has 0 saturated heterocycles. The van der Waals surface area contributed by atoms with E-state index in [1.165, 1.54) is 36.4 Å². The van der Waals surface area contributed by atoms with Gasteiger partial charge in [0.25, 0.3) is 11.8 Å². The van der Waals surface area contributed by atoms with E-state index in [-0.39, 0.29) is 23.5 Å². The Balaban J connectivity index is 1.11. The molecule has 10 nitrogen and oxygen atoms in total. The molecule has 0 radical (unpaired) electrons. The third-order valence-corrected chi connectivity index (χ3v) is 6.72. The van der Waals surface area contributed by atoms with Gasteiger partial charge in [-0.05, 0) is 11.1 Å². The zero-order chi connectivity index (χ0) is 30.7. The summed E-state index contributed by atoms with van der Waals surface area (Å²) in [6.07, 6.45) is -2.82. The van der Waals surface area contributed by atoms with Gasteiger partial charge in [-0.1, -0.05) is 95.2 Å². The van der Waals surface area contributed by atoms with Crippen LogP contribution in [0.4, 0.5) is 13.2 Å². The van der Waals surface area contributed by atoms with Crippen molar-refractivity contribution in [1.82, 2.24) is 30.4 Å². The van der Waals surface area contributed by atoms with Gasteiger partial charge in [0.15, 0.2) is 6.10 Å². The molecule has 1 unspecified atom stereocenters. The van der Waals surface area contributed by atoms with Crippen LogP contribution in [0.15, 0.2) is 106 Å². The Morgan fingerprint density at radius 3 is 2.30 bits per heavy atom. The molecule has 44 heavy (non-hydrogen) atoms. The standard InChI is InChI=1S/C31H23F3N6O4/c32-31(33,34)24-25(21-9-5-2-6-10-21)38-43-27(24)30-37-28(39-44-30)23-13-11-22(12-14-23)26(41)29(42)35-15-20-16-36-40(18-20)17-19-7-3-1-4-8-19/h1-14,16,18,26,41H,15,17H2,(H,35,42). The second kappa shape index (κ2) is 12.0. The van der Waals surface area contributed by atoms with Gasteiger partial charge in [-0.25, -0.2) is 0 Å². The SMILES string of the molecule is O=C(NCc1cnn(Cc2ccccc2)c1)C(O)c1ccc(-c2noc(-c3onc(-c4ccccc4)c3C(F)(F)F)n2)cc1. The number of aromatic nitrogens is 5. The van der Waals surface area contributed by atoms with Crippen LogP contribution in [0.3, 0.4) is 0 Å². The van der Waals surface area contributed by atoms with Crippen molar-refractivity contribution in [3.8, 4) is 34.3 Å². The molecule has 3 aromatic heterocycles. The number of halogens is 3. The lowest BCUT2D eigenvalue weighted by Crippen LogP contribution is -2.28. The summed E-state index contributed by atoms with van der Waals surface area (Å²) in [5.41, 5.74) is 1.20. The van der Waals surface area contributed by atoms with Crippen LogP contribution in [0.5, 0.6) is 0 Å². The van der Waals surface area contributed by atoms with Gasteiger partial charge in [0, 0.05) is 29.4 Å². The second-order valence-electron chi connectivity index (χ2n) is 9.80. The van der Waals surface area contributed by atoms with Crippen LogP contribution in [-0.2, 0) is 24.1 Å². The van der Waals surface area contributed by atoms with E-state index in [0.717, 1.165) is 11.1 Å². The lowest BCUT2D eigenvalue weighted by Gasteiger charge is -2.11. The van der Waals surface area contributed by atoms with Gasteiger partial charge in [0.05, 0.1) is 12.7 Å². The second-order valence-corrected chi connectivity index (χ2v) is 9.80. The molecule has 0 aliphatic carbocycles. The first kappa shape index (κ1) is 28.6. The third kappa shape index (κ3) is 6.13. The van der Waals surface area contributed by atoms with E-state index in [1.807, 2.05) is 36.5 Å². The first-order valence-electron chi connectivity index (χ1n) is 13.3. The summed E-state index contributed by atoms with van der Waals surface area (Å²) < 4.78 is 53.9. The van der Waals surface area contributed by atoms with Gasteiger partial charge in [0.2, 0.25) is 11.6 Å². The van der Waals surface area contributed by atoms with Crippen molar-refractivity contribution in [2.45, 2.75) is 25.4 Å². The number of alkyl halides is 3. The summed E-state index contributed by atoms with van der Waals surface area (Å²) >= 11 is 0. The molecule has 13 heteroatoms. The van der Waals surface area contributed by atoms with Crippen molar-refractivity contribution in [1.29, 1.82) is 0 Å². The number of nitrogens with zero attached hydrogens (tertiary/aromatic N) is 5. The Morgan fingerprint density at radius 2 is 1.59 bits per heavy atom. The first-order chi connectivity index (χ1) is 21.3. The van der Waals surface area contributed by atoms with E-state index >= 15 is 0 Å². The summed E-state index contributed by atoms with van der Waals surface area (Å²) in [7, 11) is 0. The molecule has 0 saturated carbocycles. The Labute approximate surface area is 247 Å². The molecule has 0 bridgehead atoms. The van der Waals surface area contributed by atoms with E-state index in [1.54, 1.807) is 29.1 Å². The number of hydrogen-bond donors (Lipinski definition) is 2. The quantitative estimate of drug-likeness (QED) is 0.217. The van der Waals surface area contributed by atoms with Gasteiger partial charge in [-0.2, -0.15) is 23.3 Å². The number of carbonyl (C=O) groups excluding carboxylic acids is 1. The smallest absolute Gasteiger partial charge is 0.378 e. The van der Waals surface area contributed by atoms with Gasteiger partial charge < -0.3 is 19.5 Å². The fourth-order valence-electron chi connectivity index (χ4n) is 4.53. The van der Waals surface area contributed by atoms with Crippen LogP contribution in [0, 0.1) is 0 Å². The van der Waals surface area contributed by atoms with E-state index in [4.69, 9.17) is 9.05 Å². The maximum absolute atomic E-state index is 14.0. The summed E-state index contributed by atoms with van der Waals surface area (Å²) in [6.45, 7) is 0.754. The highest BCUT2D eigenvalue weighted by molar-refractivity contribution is 5.82. The van der Waals surface area contributed by atoms with Crippen LogP contribution >= 0.6 is 0 Å². The number of benzene rings is 3. The molecule has 0 spiro atoms. The fourth-order valence-corrected chi connectivity index (χ4v) is 4.53. The van der Waals surface area contributed by atoms with Gasteiger partial charge in [0.1, 0.15) is 11.3 Å². The number of aliphatic hydroxyl groups is 1. The van der Waals surface area contributed by atoms with Crippen molar-refractivity contribution in [3.05, 3.63) is 120 Å². The molecular weight excluding hydrogens is 577 g/mol. The third-order valence-electron chi connectivity index (χ3n) is 6.72. The normalized spacial score (nSPS) is 12.3. The largest absolute Gasteiger partial charge is 0.422 e. The molecule has 3 aromatic carbocycles. The summed E-state index contributed by atoms with van der Waals surface area (Å²) in [4.78, 5) is 16.7. The van der Waals surface area contributed by atoms with Crippen LogP contribution in [0.2, 0.25) is 0 Å². The summed E-state index contributed by atoms with van der Waals surface area (Å²) in [5, 5.41) is 25.0. The Hall–Kier alpha value is -5.56. The Morgan fingerprint density at radius 1 is 0.886 bits per heavy atom. The maximum atomic E-state index is 14.0. The monoisotopic (exact) mass is 600 g/mol. The highest BCUT2D eigenvalue weighted by Crippen LogP contribution is 2.43. The number of nitrogens with one attached hydrogen (secondary N) is 1. The average molecular weight is 601 g/mol. The number of carbonyl (C=O) groups is 1. The Kier molecular flexibility index (Phi) is 7.77. The molecule has 0 fully saturated rings. The first-order valence-corrected chi connectivity index (χ1v) is 13.3. The highest BCUT2D eigenvalue weighted by Gasteiger charge is 2.43. The van der Waals surface area contributed by atoms with Crippen LogP contribution in [0.1, 0.15) is 28.4 Å². The molecule has 2 N–H and O–H groups in total. The van der Waals surface area contributed by atoms with Crippen LogP contribution in [-0.4, -0.2) is 36.1 Å². The molecular formula is C31H23F3N6O4. The van der Waals surface area contributed by atoms with Gasteiger partial charge >= 0.3 is 6.18 Å². The van der Waals surface area contributed by atoms with Crippen molar-refractivity contribution in [3.63, 3.8) is 0 Å². The van der Waals surface area contributed by atoms with Crippen molar-refractivity contribution in [2.24, 2.45) is 0 Å². The van der Waals surface area contributed by atoms with E-state index in [9.17, 15) is 23.1 Å². The summed E-state index contributed by atoms with van der Waals surface area (Å²) in [6, 6.07) is 23.6. The van der Waals surface area contributed by atoms with E-state index in [0.29, 0.717) is 12.1 Å². The molecule has 1 amide bonds. The average Bonchev–Trinajstić information content (AvgIpc) is 3.80. The summed E-state index contributed by atoms with van der Waals surface area (Å²) in [5.74, 6) is -1.85. The molecule has 6 aromatic rings. The molecule has 222 valence electrons. The topological polar surface area (TPSA) is 132 Å². The molecule has 6 rings (SSSR count). The van der Waals surface area contributed by atoms with E-state index < -0.39 is 41.1 Å². The Bertz CT molecular complexity index is 1870. The number of amides is 1. The number of hydrogen-bond acceptors (Lipinski definition) is 8. The minimum Gasteiger partial charge on any atom is -0.378 e. The zero-order valence-corrected chi connectivity index (χ0v) is 22.8. The van der Waals surface area contributed by atoms with Crippen molar-refractivity contribution >= 4 is 5.91 Å². The molecule has 1 atom stereocenters.